The van der Waals surface area contributed by atoms with Crippen LogP contribution in [0, 0.1) is 5.92 Å². The molecule has 182 valence electrons. The Balaban J connectivity index is 1.62. The number of rotatable bonds is 6. The van der Waals surface area contributed by atoms with E-state index < -0.39 is 15.9 Å². The smallest absolute Gasteiger partial charge is 0.252 e. The summed E-state index contributed by atoms with van der Waals surface area (Å²) in [7, 11) is 2.78. The van der Waals surface area contributed by atoms with Gasteiger partial charge in [-0.25, -0.2) is 8.42 Å². The first-order chi connectivity index (χ1) is 16.3. The van der Waals surface area contributed by atoms with E-state index in [9.17, 15) is 13.2 Å². The second-order valence-electron chi connectivity index (χ2n) is 7.92. The molecule has 1 atom stereocenters. The molecule has 1 aliphatic heterocycles. The third kappa shape index (κ3) is 4.42. The number of hydrogen-bond donors (Lipinski definition) is 0. The molecule has 3 aromatic rings. The Morgan fingerprint density at radius 1 is 1.03 bits per heavy atom. The highest BCUT2D eigenvalue weighted by molar-refractivity contribution is 7.89. The maximum Gasteiger partial charge on any atom is 0.252 e. The van der Waals surface area contributed by atoms with Crippen molar-refractivity contribution in [1.82, 2.24) is 8.87 Å². The highest BCUT2D eigenvalue weighted by Gasteiger charge is 2.33. The number of carbonyl (C=O) groups is 1. The first-order valence-corrected chi connectivity index (χ1v) is 13.0. The molecule has 1 unspecified atom stereocenters. The Labute approximate surface area is 202 Å². The van der Waals surface area contributed by atoms with Crippen LogP contribution in [0.5, 0.6) is 17.2 Å². The van der Waals surface area contributed by atoms with E-state index in [0.717, 1.165) is 10.2 Å². The van der Waals surface area contributed by atoms with Crippen molar-refractivity contribution in [3.63, 3.8) is 0 Å². The van der Waals surface area contributed by atoms with Gasteiger partial charge in [0.05, 0.1) is 32.1 Å². The van der Waals surface area contributed by atoms with Gasteiger partial charge in [-0.2, -0.15) is 9.30 Å². The van der Waals surface area contributed by atoms with E-state index in [-0.39, 0.29) is 17.3 Å². The predicted octanol–water partition coefficient (Wildman–Crippen LogP) is 2.79. The summed E-state index contributed by atoms with van der Waals surface area (Å²) in [4.78, 5) is 18.2. The maximum atomic E-state index is 13.1. The molecule has 0 radical (unpaired) electrons. The number of hydrogen-bond acceptors (Lipinski definition) is 7. The van der Waals surface area contributed by atoms with Crippen LogP contribution in [0.2, 0.25) is 0 Å². The minimum Gasteiger partial charge on any atom is -0.497 e. The average Bonchev–Trinajstić information content (AvgIpc) is 3.19. The Morgan fingerprint density at radius 2 is 1.71 bits per heavy atom. The summed E-state index contributed by atoms with van der Waals surface area (Å²) in [6, 6.07) is 9.87. The number of benzene rings is 2. The summed E-state index contributed by atoms with van der Waals surface area (Å²) >= 11 is 1.33. The Bertz CT molecular complexity index is 1380. The number of sulfonamides is 1. The molecule has 2 aromatic carbocycles. The fourth-order valence-corrected chi connectivity index (χ4v) is 6.73. The van der Waals surface area contributed by atoms with Gasteiger partial charge >= 0.3 is 0 Å². The summed E-state index contributed by atoms with van der Waals surface area (Å²) in [5.41, 5.74) is 0.783. The van der Waals surface area contributed by atoms with Crippen molar-refractivity contribution in [2.24, 2.45) is 18.0 Å². The third-order valence-corrected chi connectivity index (χ3v) is 8.98. The van der Waals surface area contributed by atoms with Gasteiger partial charge < -0.3 is 18.8 Å². The molecule has 1 fully saturated rings. The number of ether oxygens (including phenoxy) is 3. The predicted molar refractivity (Wildman–Crippen MR) is 129 cm³/mol. The van der Waals surface area contributed by atoms with E-state index >= 15 is 0 Å². The van der Waals surface area contributed by atoms with Gasteiger partial charge in [0.15, 0.2) is 4.80 Å². The van der Waals surface area contributed by atoms with Crippen molar-refractivity contribution < 1.29 is 27.4 Å². The number of methoxy groups -OCH3 is 3. The topological polar surface area (TPSA) is 99.4 Å². The SMILES string of the molecule is COc1ccc(S(=O)(=O)N2CCCC(C(=O)N=c3sc4c(OC)ccc(OC)c4n3C)C2)cc1. The van der Waals surface area contributed by atoms with E-state index in [1.54, 1.807) is 30.9 Å². The zero-order chi connectivity index (χ0) is 24.5. The van der Waals surface area contributed by atoms with Gasteiger partial charge in [-0.05, 0) is 49.2 Å². The van der Waals surface area contributed by atoms with E-state index in [1.807, 2.05) is 19.2 Å². The van der Waals surface area contributed by atoms with Crippen LogP contribution in [0.1, 0.15) is 12.8 Å². The molecule has 0 bridgehead atoms. The third-order valence-electron chi connectivity index (χ3n) is 5.95. The van der Waals surface area contributed by atoms with E-state index in [1.165, 1.54) is 34.9 Å². The molecule has 1 saturated heterocycles. The second kappa shape index (κ2) is 9.77. The zero-order valence-electron chi connectivity index (χ0n) is 19.5. The fourth-order valence-electron chi connectivity index (χ4n) is 4.07. The van der Waals surface area contributed by atoms with Gasteiger partial charge in [0, 0.05) is 20.1 Å². The Kier molecular flexibility index (Phi) is 6.96. The van der Waals surface area contributed by atoms with Crippen molar-refractivity contribution >= 4 is 37.5 Å². The number of amides is 1. The second-order valence-corrected chi connectivity index (χ2v) is 10.8. The number of aryl methyl sites for hydroxylation is 1. The van der Waals surface area contributed by atoms with Crippen molar-refractivity contribution in [2.75, 3.05) is 34.4 Å². The molecule has 0 saturated carbocycles. The molecule has 0 N–H and O–H groups in total. The molecule has 0 spiro atoms. The molecule has 1 amide bonds. The van der Waals surface area contributed by atoms with Crippen molar-refractivity contribution in [1.29, 1.82) is 0 Å². The van der Waals surface area contributed by atoms with Gasteiger partial charge in [-0.1, -0.05) is 11.3 Å². The van der Waals surface area contributed by atoms with E-state index in [2.05, 4.69) is 4.99 Å². The molecule has 2 heterocycles. The van der Waals surface area contributed by atoms with Crippen molar-refractivity contribution in [3.05, 3.63) is 41.2 Å². The minimum absolute atomic E-state index is 0.0952. The lowest BCUT2D eigenvalue weighted by Gasteiger charge is -2.30. The normalized spacial score (nSPS) is 17.6. The first-order valence-electron chi connectivity index (χ1n) is 10.7. The molecule has 1 aliphatic rings. The lowest BCUT2D eigenvalue weighted by Crippen LogP contribution is -2.42. The summed E-state index contributed by atoms with van der Waals surface area (Å²) in [6.45, 7) is 0.459. The quantitative estimate of drug-likeness (QED) is 0.511. The molecule has 34 heavy (non-hydrogen) atoms. The molecule has 0 aliphatic carbocycles. The number of nitrogens with zero attached hydrogens (tertiary/aromatic N) is 3. The molecule has 4 rings (SSSR count). The standard InChI is InChI=1S/C23H27N3O6S2/c1-25-20-18(31-3)11-12-19(32-4)21(20)33-23(25)24-22(27)15-6-5-13-26(14-15)34(28,29)17-9-7-16(30-2)8-10-17/h7-12,15H,5-6,13-14H2,1-4H3. The van der Waals surface area contributed by atoms with Crippen LogP contribution in [0.25, 0.3) is 10.2 Å². The Morgan fingerprint density at radius 3 is 2.35 bits per heavy atom. The Hall–Kier alpha value is -2.89. The van der Waals surface area contributed by atoms with Crippen LogP contribution in [0.15, 0.2) is 46.3 Å². The lowest BCUT2D eigenvalue weighted by atomic mass is 9.99. The first kappa shape index (κ1) is 24.2. The van der Waals surface area contributed by atoms with Crippen LogP contribution in [0.3, 0.4) is 0 Å². The van der Waals surface area contributed by atoms with Gasteiger partial charge in [-0.15, -0.1) is 0 Å². The van der Waals surface area contributed by atoms with Crippen LogP contribution in [-0.2, 0) is 21.9 Å². The van der Waals surface area contributed by atoms with Gasteiger partial charge in [0.1, 0.15) is 27.5 Å². The maximum absolute atomic E-state index is 13.1. The molecule has 1 aromatic heterocycles. The van der Waals surface area contributed by atoms with Gasteiger partial charge in [0.25, 0.3) is 5.91 Å². The number of carbonyl (C=O) groups excluding carboxylic acids is 1. The zero-order valence-corrected chi connectivity index (χ0v) is 21.1. The van der Waals surface area contributed by atoms with E-state index in [4.69, 9.17) is 14.2 Å². The summed E-state index contributed by atoms with van der Waals surface area (Å²) in [5, 5.41) is 0. The minimum atomic E-state index is -3.72. The van der Waals surface area contributed by atoms with Crippen LogP contribution in [0.4, 0.5) is 0 Å². The highest BCUT2D eigenvalue weighted by atomic mass is 32.2. The van der Waals surface area contributed by atoms with Crippen LogP contribution < -0.4 is 19.0 Å². The molecule has 9 nitrogen and oxygen atoms in total. The number of fused-ring (bicyclic) bond motifs is 1. The van der Waals surface area contributed by atoms with Gasteiger partial charge in [-0.3, -0.25) is 4.79 Å². The van der Waals surface area contributed by atoms with Crippen molar-refractivity contribution in [2.45, 2.75) is 17.7 Å². The van der Waals surface area contributed by atoms with Crippen molar-refractivity contribution in [3.8, 4) is 17.2 Å². The average molecular weight is 506 g/mol. The lowest BCUT2D eigenvalue weighted by molar-refractivity contribution is -0.122. The highest BCUT2D eigenvalue weighted by Crippen LogP contribution is 2.34. The van der Waals surface area contributed by atoms with Crippen LogP contribution in [-0.4, -0.2) is 57.6 Å². The van der Waals surface area contributed by atoms with Crippen LogP contribution >= 0.6 is 11.3 Å². The molecular weight excluding hydrogens is 478 g/mol. The number of thiazole rings is 1. The molecular formula is C23H27N3O6S2. The van der Waals surface area contributed by atoms with Gasteiger partial charge in [0.2, 0.25) is 10.0 Å². The number of piperidine rings is 1. The van der Waals surface area contributed by atoms with E-state index in [0.29, 0.717) is 41.4 Å². The number of aromatic nitrogens is 1. The summed E-state index contributed by atoms with van der Waals surface area (Å²) < 4.78 is 46.3. The fraction of sp³-hybridized carbons (Fsp3) is 0.391. The monoisotopic (exact) mass is 505 g/mol. The largest absolute Gasteiger partial charge is 0.497 e. The summed E-state index contributed by atoms with van der Waals surface area (Å²) in [6.07, 6.45) is 1.17. The molecule has 11 heteroatoms. The summed E-state index contributed by atoms with van der Waals surface area (Å²) in [5.74, 6) is 1.04.